The van der Waals surface area contributed by atoms with Crippen LogP contribution in [-0.4, -0.2) is 31.3 Å². The lowest BCUT2D eigenvalue weighted by Gasteiger charge is -2.28. The predicted molar refractivity (Wildman–Crippen MR) is 75.6 cm³/mol. The predicted octanol–water partition coefficient (Wildman–Crippen LogP) is 1.98. The molecule has 0 saturated carbocycles. The number of hydrogen-bond acceptors (Lipinski definition) is 4. The van der Waals surface area contributed by atoms with Crippen molar-refractivity contribution in [3.05, 3.63) is 47.3 Å². The Kier molecular flexibility index (Phi) is 3.51. The van der Waals surface area contributed by atoms with Crippen LogP contribution in [0.4, 0.5) is 5.69 Å². The maximum atomic E-state index is 5.44. The molecule has 2 aromatic rings. The Morgan fingerprint density at radius 2 is 1.95 bits per heavy atom. The summed E-state index contributed by atoms with van der Waals surface area (Å²) in [6.45, 7) is 6.18. The van der Waals surface area contributed by atoms with Crippen molar-refractivity contribution in [2.75, 3.05) is 31.1 Å². The van der Waals surface area contributed by atoms with E-state index in [1.54, 1.807) is 0 Å². The number of piperazine rings is 1. The molecule has 1 saturated heterocycles. The Balaban J connectivity index is 1.77. The van der Waals surface area contributed by atoms with Gasteiger partial charge in [0.05, 0.1) is 6.20 Å². The van der Waals surface area contributed by atoms with Gasteiger partial charge in [-0.3, -0.25) is 0 Å². The zero-order valence-corrected chi connectivity index (χ0v) is 11.2. The highest BCUT2D eigenvalue weighted by molar-refractivity contribution is 5.49. The molecule has 4 nitrogen and oxygen atoms in total. The van der Waals surface area contributed by atoms with Crippen LogP contribution in [0.25, 0.3) is 0 Å². The first-order valence-corrected chi connectivity index (χ1v) is 6.78. The van der Waals surface area contributed by atoms with Crippen LogP contribution in [0.3, 0.4) is 0 Å². The van der Waals surface area contributed by atoms with Crippen LogP contribution in [-0.2, 0) is 6.42 Å². The van der Waals surface area contributed by atoms with Gasteiger partial charge in [0.25, 0.3) is 0 Å². The van der Waals surface area contributed by atoms with Crippen LogP contribution in [0.15, 0.2) is 35.0 Å². The normalized spacial score (nSPS) is 15.7. The zero-order valence-electron chi connectivity index (χ0n) is 11.2. The summed E-state index contributed by atoms with van der Waals surface area (Å²) in [4.78, 5) is 2.34. The summed E-state index contributed by atoms with van der Waals surface area (Å²) in [5.74, 6) is 0.964. The molecular weight excluding hydrogens is 238 g/mol. The minimum absolute atomic E-state index is 0.805. The van der Waals surface area contributed by atoms with Crippen molar-refractivity contribution < 1.29 is 4.52 Å². The third-order valence-corrected chi connectivity index (χ3v) is 3.57. The number of benzene rings is 1. The quantitative estimate of drug-likeness (QED) is 0.913. The summed E-state index contributed by atoms with van der Waals surface area (Å²) in [7, 11) is 0. The molecule has 0 atom stereocenters. The number of anilines is 1. The summed E-state index contributed by atoms with van der Waals surface area (Å²) >= 11 is 0. The molecule has 0 unspecified atom stereocenters. The van der Waals surface area contributed by atoms with Crippen molar-refractivity contribution in [1.29, 1.82) is 0 Å². The van der Waals surface area contributed by atoms with Gasteiger partial charge in [-0.2, -0.15) is 0 Å². The lowest BCUT2D eigenvalue weighted by atomic mass is 10.1. The SMILES string of the molecule is Cc1ccc(Cc2oncc2N2CCNCC2)cc1. The Morgan fingerprint density at radius 3 is 2.68 bits per heavy atom. The molecule has 3 rings (SSSR count). The van der Waals surface area contributed by atoms with E-state index in [1.807, 2.05) is 6.20 Å². The highest BCUT2D eigenvalue weighted by Crippen LogP contribution is 2.23. The first-order valence-electron chi connectivity index (χ1n) is 6.78. The van der Waals surface area contributed by atoms with Crippen LogP contribution < -0.4 is 10.2 Å². The van der Waals surface area contributed by atoms with Gasteiger partial charge < -0.3 is 14.7 Å². The summed E-state index contributed by atoms with van der Waals surface area (Å²) in [5, 5.41) is 7.33. The topological polar surface area (TPSA) is 41.3 Å². The number of hydrogen-bond donors (Lipinski definition) is 1. The van der Waals surface area contributed by atoms with E-state index >= 15 is 0 Å². The number of rotatable bonds is 3. The van der Waals surface area contributed by atoms with Crippen molar-refractivity contribution in [1.82, 2.24) is 10.5 Å². The first-order chi connectivity index (χ1) is 9.33. The fourth-order valence-corrected chi connectivity index (χ4v) is 2.44. The monoisotopic (exact) mass is 257 g/mol. The Bertz CT molecular complexity index is 527. The van der Waals surface area contributed by atoms with E-state index in [4.69, 9.17) is 4.52 Å². The maximum absolute atomic E-state index is 5.44. The van der Waals surface area contributed by atoms with Crippen LogP contribution in [0.5, 0.6) is 0 Å². The summed E-state index contributed by atoms with van der Waals surface area (Å²) in [6.07, 6.45) is 2.65. The van der Waals surface area contributed by atoms with E-state index in [1.165, 1.54) is 11.1 Å². The molecule has 0 amide bonds. The molecule has 0 aliphatic carbocycles. The molecule has 1 aliphatic rings. The maximum Gasteiger partial charge on any atom is 0.164 e. The van der Waals surface area contributed by atoms with E-state index in [-0.39, 0.29) is 0 Å². The minimum Gasteiger partial charge on any atom is -0.365 e. The first kappa shape index (κ1) is 12.2. The van der Waals surface area contributed by atoms with Crippen molar-refractivity contribution in [2.24, 2.45) is 0 Å². The number of aromatic nitrogens is 1. The van der Waals surface area contributed by atoms with Gasteiger partial charge >= 0.3 is 0 Å². The van der Waals surface area contributed by atoms with Gasteiger partial charge in [-0.1, -0.05) is 35.0 Å². The fourth-order valence-electron chi connectivity index (χ4n) is 2.44. The van der Waals surface area contributed by atoms with Crippen molar-refractivity contribution >= 4 is 5.69 Å². The van der Waals surface area contributed by atoms with Gasteiger partial charge in [0.15, 0.2) is 5.76 Å². The van der Waals surface area contributed by atoms with Gasteiger partial charge in [-0.05, 0) is 12.5 Å². The highest BCUT2D eigenvalue weighted by atomic mass is 16.5. The van der Waals surface area contributed by atoms with E-state index in [2.05, 4.69) is 46.6 Å². The average Bonchev–Trinajstić information content (AvgIpc) is 2.90. The van der Waals surface area contributed by atoms with E-state index in [9.17, 15) is 0 Å². The second-order valence-electron chi connectivity index (χ2n) is 5.03. The number of nitrogens with zero attached hydrogens (tertiary/aromatic N) is 2. The lowest BCUT2D eigenvalue weighted by Crippen LogP contribution is -2.43. The summed E-state index contributed by atoms with van der Waals surface area (Å²) in [6, 6.07) is 8.57. The molecule has 1 aromatic carbocycles. The molecule has 4 heteroatoms. The van der Waals surface area contributed by atoms with Gasteiger partial charge in [-0.25, -0.2) is 0 Å². The molecule has 0 bridgehead atoms. The number of aryl methyl sites for hydroxylation is 1. The highest BCUT2D eigenvalue weighted by Gasteiger charge is 2.17. The van der Waals surface area contributed by atoms with Crippen molar-refractivity contribution in [3.8, 4) is 0 Å². The van der Waals surface area contributed by atoms with Gasteiger partial charge in [0, 0.05) is 32.6 Å². The van der Waals surface area contributed by atoms with Crippen molar-refractivity contribution in [3.63, 3.8) is 0 Å². The fraction of sp³-hybridized carbons (Fsp3) is 0.400. The molecule has 0 radical (unpaired) electrons. The zero-order chi connectivity index (χ0) is 13.1. The van der Waals surface area contributed by atoms with Crippen LogP contribution in [0, 0.1) is 6.92 Å². The third-order valence-electron chi connectivity index (χ3n) is 3.57. The van der Waals surface area contributed by atoms with Gasteiger partial charge in [0.2, 0.25) is 0 Å². The van der Waals surface area contributed by atoms with Crippen LogP contribution >= 0.6 is 0 Å². The molecule has 100 valence electrons. The summed E-state index contributed by atoms with van der Waals surface area (Å²) < 4.78 is 5.44. The molecule has 1 N–H and O–H groups in total. The second-order valence-corrected chi connectivity index (χ2v) is 5.03. The smallest absolute Gasteiger partial charge is 0.164 e. The standard InChI is InChI=1S/C15H19N3O/c1-12-2-4-13(5-3-12)10-15-14(11-17-19-15)18-8-6-16-7-9-18/h2-5,11,16H,6-10H2,1H3. The van der Waals surface area contributed by atoms with Crippen molar-refractivity contribution in [2.45, 2.75) is 13.3 Å². The molecule has 1 aromatic heterocycles. The Morgan fingerprint density at radius 1 is 1.21 bits per heavy atom. The molecule has 0 spiro atoms. The molecule has 2 heterocycles. The van der Waals surface area contributed by atoms with Gasteiger partial charge in [0.1, 0.15) is 5.69 Å². The second kappa shape index (κ2) is 5.45. The van der Waals surface area contributed by atoms with E-state index < -0.39 is 0 Å². The van der Waals surface area contributed by atoms with Gasteiger partial charge in [-0.15, -0.1) is 0 Å². The third kappa shape index (κ3) is 2.79. The molecule has 1 aliphatic heterocycles. The average molecular weight is 257 g/mol. The van der Waals surface area contributed by atoms with Crippen LogP contribution in [0.2, 0.25) is 0 Å². The molecule has 19 heavy (non-hydrogen) atoms. The van der Waals surface area contributed by atoms with Crippen LogP contribution in [0.1, 0.15) is 16.9 Å². The largest absolute Gasteiger partial charge is 0.365 e. The molecule has 1 fully saturated rings. The minimum atomic E-state index is 0.805. The van der Waals surface area contributed by atoms with E-state index in [0.29, 0.717) is 0 Å². The Hall–Kier alpha value is -1.81. The Labute approximate surface area is 113 Å². The molecular formula is C15H19N3O. The lowest BCUT2D eigenvalue weighted by molar-refractivity contribution is 0.389. The number of nitrogens with one attached hydrogen (secondary N) is 1. The van der Waals surface area contributed by atoms with E-state index in [0.717, 1.165) is 44.0 Å². The summed E-state index contributed by atoms with van der Waals surface area (Å²) in [5.41, 5.74) is 3.68.